The number of rotatable bonds is 5. The Hall–Kier alpha value is -3.25. The van der Waals surface area contributed by atoms with E-state index in [4.69, 9.17) is 4.74 Å². The Morgan fingerprint density at radius 1 is 1.11 bits per heavy atom. The first-order valence-corrected chi connectivity index (χ1v) is 9.30. The van der Waals surface area contributed by atoms with Gasteiger partial charge in [-0.15, -0.1) is 11.3 Å². The molecule has 1 N–H and O–H groups in total. The lowest BCUT2D eigenvalue weighted by molar-refractivity contribution is -0.118. The number of nitrogens with one attached hydrogen (secondary N) is 1. The zero-order valence-corrected chi connectivity index (χ0v) is 15.5. The van der Waals surface area contributed by atoms with E-state index in [0.717, 1.165) is 16.1 Å². The van der Waals surface area contributed by atoms with E-state index in [0.29, 0.717) is 11.6 Å². The fourth-order valence-corrected chi connectivity index (χ4v) is 3.69. The molecule has 2 aromatic carbocycles. The lowest BCUT2D eigenvalue weighted by atomic mass is 10.2. The molecule has 0 aliphatic rings. The zero-order chi connectivity index (χ0) is 18.6. The fourth-order valence-electron chi connectivity index (χ4n) is 2.62. The van der Waals surface area contributed by atoms with Gasteiger partial charge >= 0.3 is 0 Å². The smallest absolute Gasteiger partial charge is 0.262 e. The zero-order valence-electron chi connectivity index (χ0n) is 14.7. The number of thiazole rings is 1. The van der Waals surface area contributed by atoms with Gasteiger partial charge in [-0.05, 0) is 55.0 Å². The van der Waals surface area contributed by atoms with Crippen molar-refractivity contribution < 1.29 is 9.53 Å². The first-order valence-electron chi connectivity index (χ1n) is 8.49. The standard InChI is InChI=1S/C21H17N3O2S/c1-14-5-10-17-18(12-14)27-21(24-17)15-6-8-16(9-7-15)23-19(25)13-26-20-4-2-3-11-22-20/h2-12H,13H2,1H3,(H,23,25). The molecule has 1 amide bonds. The molecule has 0 aliphatic carbocycles. The number of aromatic nitrogens is 2. The number of amides is 1. The number of anilines is 1. The van der Waals surface area contributed by atoms with Gasteiger partial charge in [-0.1, -0.05) is 12.1 Å². The van der Waals surface area contributed by atoms with Crippen LogP contribution in [0.3, 0.4) is 0 Å². The highest BCUT2D eigenvalue weighted by molar-refractivity contribution is 7.21. The summed E-state index contributed by atoms with van der Waals surface area (Å²) in [5, 5.41) is 3.78. The Balaban J connectivity index is 1.41. The summed E-state index contributed by atoms with van der Waals surface area (Å²) in [5.74, 6) is 0.193. The second-order valence-corrected chi connectivity index (χ2v) is 7.10. The van der Waals surface area contributed by atoms with Crippen LogP contribution in [0.1, 0.15) is 5.56 Å². The van der Waals surface area contributed by atoms with Crippen LogP contribution < -0.4 is 10.1 Å². The molecule has 2 heterocycles. The number of pyridine rings is 1. The van der Waals surface area contributed by atoms with Crippen molar-refractivity contribution in [2.45, 2.75) is 6.92 Å². The van der Waals surface area contributed by atoms with E-state index in [9.17, 15) is 4.79 Å². The van der Waals surface area contributed by atoms with E-state index in [-0.39, 0.29) is 12.5 Å². The number of aryl methyl sites for hydroxylation is 1. The molecular weight excluding hydrogens is 358 g/mol. The third-order valence-electron chi connectivity index (χ3n) is 3.95. The first kappa shape index (κ1) is 17.2. The van der Waals surface area contributed by atoms with E-state index >= 15 is 0 Å². The molecule has 4 rings (SSSR count). The summed E-state index contributed by atoms with van der Waals surface area (Å²) in [6.45, 7) is 1.99. The van der Waals surface area contributed by atoms with Gasteiger partial charge in [-0.3, -0.25) is 4.79 Å². The largest absolute Gasteiger partial charge is 0.468 e. The van der Waals surface area contributed by atoms with Crippen molar-refractivity contribution in [1.82, 2.24) is 9.97 Å². The van der Waals surface area contributed by atoms with Gasteiger partial charge in [-0.25, -0.2) is 9.97 Å². The lowest BCUT2D eigenvalue weighted by Crippen LogP contribution is -2.20. The van der Waals surface area contributed by atoms with Crippen molar-refractivity contribution >= 4 is 33.1 Å². The average molecular weight is 375 g/mol. The number of ether oxygens (including phenoxy) is 1. The molecule has 0 bridgehead atoms. The SMILES string of the molecule is Cc1ccc2nc(-c3ccc(NC(=O)COc4ccccn4)cc3)sc2c1. The van der Waals surface area contributed by atoms with Gasteiger partial charge in [0, 0.05) is 23.5 Å². The van der Waals surface area contributed by atoms with Crippen molar-refractivity contribution in [3.05, 3.63) is 72.4 Å². The van der Waals surface area contributed by atoms with Gasteiger partial charge < -0.3 is 10.1 Å². The van der Waals surface area contributed by atoms with Gasteiger partial charge in [0.2, 0.25) is 5.88 Å². The minimum atomic E-state index is -0.233. The molecule has 2 aromatic heterocycles. The highest BCUT2D eigenvalue weighted by Crippen LogP contribution is 2.31. The van der Waals surface area contributed by atoms with Crippen LogP contribution in [0.25, 0.3) is 20.8 Å². The van der Waals surface area contributed by atoms with Crippen LogP contribution in [0.5, 0.6) is 5.88 Å². The van der Waals surface area contributed by atoms with Crippen LogP contribution in [-0.2, 0) is 4.79 Å². The van der Waals surface area contributed by atoms with Crippen molar-refractivity contribution in [1.29, 1.82) is 0 Å². The summed E-state index contributed by atoms with van der Waals surface area (Å²) in [5.41, 5.74) is 3.97. The third kappa shape index (κ3) is 4.12. The summed E-state index contributed by atoms with van der Waals surface area (Å²) >= 11 is 1.66. The molecule has 134 valence electrons. The maximum absolute atomic E-state index is 12.0. The van der Waals surface area contributed by atoms with E-state index in [2.05, 4.69) is 34.3 Å². The van der Waals surface area contributed by atoms with Crippen molar-refractivity contribution in [2.24, 2.45) is 0 Å². The molecule has 0 atom stereocenters. The summed E-state index contributed by atoms with van der Waals surface area (Å²) in [6, 6.07) is 19.2. The van der Waals surface area contributed by atoms with Crippen LogP contribution in [0, 0.1) is 6.92 Å². The molecule has 0 unspecified atom stereocenters. The van der Waals surface area contributed by atoms with Crippen LogP contribution in [0.4, 0.5) is 5.69 Å². The van der Waals surface area contributed by atoms with Gasteiger partial charge in [-0.2, -0.15) is 0 Å². The van der Waals surface area contributed by atoms with Gasteiger partial charge in [0.1, 0.15) is 5.01 Å². The van der Waals surface area contributed by atoms with Gasteiger partial charge in [0.05, 0.1) is 10.2 Å². The molecule has 0 saturated heterocycles. The number of fused-ring (bicyclic) bond motifs is 1. The number of hydrogen-bond acceptors (Lipinski definition) is 5. The van der Waals surface area contributed by atoms with E-state index in [1.165, 1.54) is 10.3 Å². The van der Waals surface area contributed by atoms with Crippen LogP contribution in [-0.4, -0.2) is 22.5 Å². The Morgan fingerprint density at radius 3 is 2.74 bits per heavy atom. The second-order valence-electron chi connectivity index (χ2n) is 6.07. The quantitative estimate of drug-likeness (QED) is 0.550. The van der Waals surface area contributed by atoms with E-state index in [1.807, 2.05) is 36.4 Å². The van der Waals surface area contributed by atoms with E-state index < -0.39 is 0 Å². The van der Waals surface area contributed by atoms with Crippen molar-refractivity contribution in [3.63, 3.8) is 0 Å². The number of hydrogen-bond donors (Lipinski definition) is 1. The molecule has 0 saturated carbocycles. The van der Waals surface area contributed by atoms with Crippen LogP contribution in [0.2, 0.25) is 0 Å². The van der Waals surface area contributed by atoms with Gasteiger partial charge in [0.15, 0.2) is 6.61 Å². The summed E-state index contributed by atoms with van der Waals surface area (Å²) < 4.78 is 6.52. The first-order chi connectivity index (χ1) is 13.2. The number of carbonyl (C=O) groups is 1. The summed E-state index contributed by atoms with van der Waals surface area (Å²) in [4.78, 5) is 20.7. The highest BCUT2D eigenvalue weighted by Gasteiger charge is 2.08. The second kappa shape index (κ2) is 7.55. The lowest BCUT2D eigenvalue weighted by Gasteiger charge is -2.07. The maximum Gasteiger partial charge on any atom is 0.262 e. The van der Waals surface area contributed by atoms with Crippen LogP contribution in [0.15, 0.2) is 66.9 Å². The molecular formula is C21H17N3O2S. The van der Waals surface area contributed by atoms with Crippen molar-refractivity contribution in [2.75, 3.05) is 11.9 Å². The van der Waals surface area contributed by atoms with Crippen molar-refractivity contribution in [3.8, 4) is 16.5 Å². The minimum Gasteiger partial charge on any atom is -0.468 e. The molecule has 5 nitrogen and oxygen atoms in total. The fraction of sp³-hybridized carbons (Fsp3) is 0.0952. The predicted octanol–water partition coefficient (Wildman–Crippen LogP) is 4.68. The molecule has 0 fully saturated rings. The molecule has 0 spiro atoms. The molecule has 4 aromatic rings. The average Bonchev–Trinajstić information content (AvgIpc) is 3.11. The van der Waals surface area contributed by atoms with E-state index in [1.54, 1.807) is 29.7 Å². The summed E-state index contributed by atoms with van der Waals surface area (Å²) in [6.07, 6.45) is 1.62. The molecule has 0 radical (unpaired) electrons. The van der Waals surface area contributed by atoms with Gasteiger partial charge in [0.25, 0.3) is 5.91 Å². The third-order valence-corrected chi connectivity index (χ3v) is 5.02. The number of carbonyl (C=O) groups excluding carboxylic acids is 1. The minimum absolute atomic E-state index is 0.0873. The monoisotopic (exact) mass is 375 g/mol. The molecule has 6 heteroatoms. The molecule has 27 heavy (non-hydrogen) atoms. The number of nitrogens with zero attached hydrogens (tertiary/aromatic N) is 2. The summed E-state index contributed by atoms with van der Waals surface area (Å²) in [7, 11) is 0. The predicted molar refractivity (Wildman–Crippen MR) is 108 cm³/mol. The Morgan fingerprint density at radius 2 is 1.96 bits per heavy atom. The number of benzene rings is 2. The Labute approximate surface area is 160 Å². The molecule has 0 aliphatic heterocycles. The maximum atomic E-state index is 12.0. The highest BCUT2D eigenvalue weighted by atomic mass is 32.1. The Bertz CT molecular complexity index is 1080. The normalized spacial score (nSPS) is 10.7. The van der Waals surface area contributed by atoms with Crippen LogP contribution >= 0.6 is 11.3 Å². The Kier molecular flexibility index (Phi) is 4.80. The topological polar surface area (TPSA) is 64.1 Å².